The molecule has 0 bridgehead atoms. The van der Waals surface area contributed by atoms with Crippen LogP contribution in [0, 0.1) is 46.0 Å². The Hall–Kier alpha value is -1.80. The van der Waals surface area contributed by atoms with E-state index in [4.69, 9.17) is 9.47 Å². The van der Waals surface area contributed by atoms with Gasteiger partial charge in [-0.2, -0.15) is 0 Å². The van der Waals surface area contributed by atoms with Crippen LogP contribution >= 0.6 is 0 Å². The molecule has 0 N–H and O–H groups in total. The number of fused-ring (bicyclic) bond motifs is 5. The molecule has 0 unspecified atom stereocenters. The zero-order valence-electron chi connectivity index (χ0n) is 23.7. The van der Waals surface area contributed by atoms with Crippen LogP contribution in [-0.4, -0.2) is 32.2 Å². The summed E-state index contributed by atoms with van der Waals surface area (Å²) in [5.74, 6) is 5.06. The fraction of sp³-hybridized carbons (Fsp3) is 0.742. The van der Waals surface area contributed by atoms with E-state index in [1.54, 1.807) is 0 Å². The van der Waals surface area contributed by atoms with E-state index in [0.29, 0.717) is 17.8 Å². The van der Waals surface area contributed by atoms with E-state index in [1.807, 2.05) is 0 Å². The van der Waals surface area contributed by atoms with Crippen LogP contribution in [0.5, 0.6) is 0 Å². The number of ether oxygens (including phenoxy) is 2. The quantitative estimate of drug-likeness (QED) is 0.179. The maximum absolute atomic E-state index is 12.0. The molecule has 0 saturated heterocycles. The van der Waals surface area contributed by atoms with E-state index >= 15 is 0 Å². The number of esters is 2. The average molecular weight is 511 g/mol. The van der Waals surface area contributed by atoms with Gasteiger partial charge in [0.2, 0.25) is 0 Å². The van der Waals surface area contributed by atoms with Gasteiger partial charge in [0, 0.05) is 26.2 Å². The third-order valence-electron chi connectivity index (χ3n) is 9.86. The zero-order valence-corrected chi connectivity index (χ0v) is 24.7. The maximum Gasteiger partial charge on any atom is 0.303 e. The van der Waals surface area contributed by atoms with E-state index in [-0.39, 0.29) is 40.9 Å². The van der Waals surface area contributed by atoms with E-state index in [9.17, 15) is 9.59 Å². The van der Waals surface area contributed by atoms with Crippen LogP contribution in [0.1, 0.15) is 79.6 Å². The molecule has 0 aromatic heterocycles. The summed E-state index contributed by atoms with van der Waals surface area (Å²) < 4.78 is 11.4. The number of carbonyl (C=O) groups excluding carboxylic acids is 2. The van der Waals surface area contributed by atoms with Crippen molar-refractivity contribution in [1.82, 2.24) is 0 Å². The molecule has 5 heteroatoms. The molecule has 4 rings (SSSR count). The van der Waals surface area contributed by atoms with Gasteiger partial charge >= 0.3 is 11.9 Å². The first-order valence-corrected chi connectivity index (χ1v) is 17.5. The fourth-order valence-corrected chi connectivity index (χ4v) is 8.73. The molecule has 0 aromatic rings. The fourth-order valence-electron chi connectivity index (χ4n) is 8.16. The van der Waals surface area contributed by atoms with Crippen molar-refractivity contribution in [2.75, 3.05) is 0 Å². The average Bonchev–Trinajstić information content (AvgIpc) is 3.12. The minimum atomic E-state index is -1.58. The Morgan fingerprint density at radius 3 is 2.33 bits per heavy atom. The first-order chi connectivity index (χ1) is 16.7. The molecule has 8 atom stereocenters. The van der Waals surface area contributed by atoms with Gasteiger partial charge in [-0.1, -0.05) is 69.6 Å². The topological polar surface area (TPSA) is 52.6 Å². The molecule has 0 amide bonds. The Bertz CT molecular complexity index is 1020. The minimum Gasteiger partial charge on any atom is -0.462 e. The van der Waals surface area contributed by atoms with Crippen molar-refractivity contribution < 1.29 is 19.1 Å². The number of allylic oxidation sites excluding steroid dienone is 2. The summed E-state index contributed by atoms with van der Waals surface area (Å²) in [5, 5.41) is 0. The van der Waals surface area contributed by atoms with E-state index in [1.165, 1.54) is 37.8 Å². The second kappa shape index (κ2) is 9.82. The molecule has 0 radical (unpaired) electrons. The molecule has 0 spiro atoms. The van der Waals surface area contributed by atoms with Gasteiger partial charge in [0.1, 0.15) is 14.2 Å². The van der Waals surface area contributed by atoms with Gasteiger partial charge in [-0.25, -0.2) is 0 Å². The van der Waals surface area contributed by atoms with Crippen LogP contribution in [0.4, 0.5) is 0 Å². The molecular weight excluding hydrogens is 464 g/mol. The van der Waals surface area contributed by atoms with Crippen LogP contribution in [-0.2, 0) is 19.1 Å². The number of hydrogen-bond acceptors (Lipinski definition) is 4. The second-order valence-electron chi connectivity index (χ2n) is 13.4. The highest BCUT2D eigenvalue weighted by atomic mass is 28.3. The van der Waals surface area contributed by atoms with Crippen molar-refractivity contribution in [1.29, 1.82) is 0 Å². The monoisotopic (exact) mass is 510 g/mol. The highest BCUT2D eigenvalue weighted by Gasteiger charge is 2.57. The summed E-state index contributed by atoms with van der Waals surface area (Å²) in [6.45, 7) is 16.9. The lowest BCUT2D eigenvalue weighted by Gasteiger charge is -2.58. The lowest BCUT2D eigenvalue weighted by atomic mass is 9.47. The summed E-state index contributed by atoms with van der Waals surface area (Å²) in [4.78, 5) is 23.5. The van der Waals surface area contributed by atoms with Gasteiger partial charge in [0.25, 0.3) is 0 Å². The molecular formula is C31H46O4Si. The van der Waals surface area contributed by atoms with Crippen LogP contribution in [0.25, 0.3) is 0 Å². The predicted molar refractivity (Wildman–Crippen MR) is 147 cm³/mol. The maximum atomic E-state index is 12.0. The Morgan fingerprint density at radius 2 is 1.69 bits per heavy atom. The largest absolute Gasteiger partial charge is 0.462 e. The molecule has 2 fully saturated rings. The third-order valence-corrected chi connectivity index (χ3v) is 10.8. The SMILES string of the molecule is CC(=O)O[C@H]1CC[C@@]2(C)C(=CC[C@@H]3[C@@H]2CC[C@]2(C)C([C@H](C)[C@@H](C#C[Si](C)(C)C)OC(C)=O)=CC[C@@H]32)C1. The Kier molecular flexibility index (Phi) is 7.43. The Balaban J connectivity index is 1.56. The molecule has 0 heterocycles. The number of hydrogen-bond donors (Lipinski definition) is 0. The molecule has 4 aliphatic carbocycles. The third kappa shape index (κ3) is 5.12. The Morgan fingerprint density at radius 1 is 1.00 bits per heavy atom. The summed E-state index contributed by atoms with van der Waals surface area (Å²) >= 11 is 0. The van der Waals surface area contributed by atoms with Crippen molar-refractivity contribution in [2.45, 2.75) is 111 Å². The standard InChI is InChI=1S/C31H46O4Si/c1-20(29(35-22(3)33)15-18-36(6,7)8)26-11-12-27-25-10-9-23-19-24(34-21(2)32)13-16-30(23,4)28(25)14-17-31(26,27)5/h9,11,20,24-25,27-29H,10,12-14,16-17,19H2,1-8H3/t20-,24-,25-,27-,28-,29+,30-,31+/m0/s1. The predicted octanol–water partition coefficient (Wildman–Crippen LogP) is 6.87. The molecule has 36 heavy (non-hydrogen) atoms. The van der Waals surface area contributed by atoms with Crippen molar-refractivity contribution in [3.05, 3.63) is 23.3 Å². The normalized spacial score (nSPS) is 37.0. The highest BCUT2D eigenvalue weighted by Crippen LogP contribution is 2.66. The van der Waals surface area contributed by atoms with Gasteiger partial charge in [-0.3, -0.25) is 9.59 Å². The summed E-state index contributed by atoms with van der Waals surface area (Å²) in [6, 6.07) is 0. The molecule has 4 nitrogen and oxygen atoms in total. The van der Waals surface area contributed by atoms with Crippen LogP contribution in [0.3, 0.4) is 0 Å². The lowest BCUT2D eigenvalue weighted by molar-refractivity contribution is -0.148. The first-order valence-electron chi connectivity index (χ1n) is 14.0. The van der Waals surface area contributed by atoms with Crippen molar-refractivity contribution >= 4 is 20.0 Å². The lowest BCUT2D eigenvalue weighted by Crippen LogP contribution is -2.50. The molecule has 2 saturated carbocycles. The molecule has 4 aliphatic rings. The van der Waals surface area contributed by atoms with Crippen molar-refractivity contribution in [3.8, 4) is 11.5 Å². The second-order valence-corrected chi connectivity index (χ2v) is 18.2. The summed E-state index contributed by atoms with van der Waals surface area (Å²) in [5.41, 5.74) is 6.80. The molecule has 198 valence electrons. The smallest absolute Gasteiger partial charge is 0.303 e. The number of carbonyl (C=O) groups is 2. The van der Waals surface area contributed by atoms with E-state index < -0.39 is 8.07 Å². The van der Waals surface area contributed by atoms with Crippen molar-refractivity contribution in [3.63, 3.8) is 0 Å². The van der Waals surface area contributed by atoms with Gasteiger partial charge in [0.15, 0.2) is 6.10 Å². The minimum absolute atomic E-state index is 0.0447. The van der Waals surface area contributed by atoms with Gasteiger partial charge in [-0.15, -0.1) is 5.54 Å². The summed E-state index contributed by atoms with van der Waals surface area (Å²) in [7, 11) is -1.58. The van der Waals surface area contributed by atoms with E-state index in [0.717, 1.165) is 32.1 Å². The van der Waals surface area contributed by atoms with E-state index in [2.05, 4.69) is 64.0 Å². The van der Waals surface area contributed by atoms with Gasteiger partial charge in [0.05, 0.1) is 0 Å². The highest BCUT2D eigenvalue weighted by molar-refractivity contribution is 6.83. The van der Waals surface area contributed by atoms with Crippen molar-refractivity contribution in [2.24, 2.45) is 34.5 Å². The first kappa shape index (κ1) is 27.2. The number of rotatable bonds is 4. The molecule has 0 aromatic carbocycles. The zero-order chi connectivity index (χ0) is 26.5. The van der Waals surface area contributed by atoms with Crippen LogP contribution < -0.4 is 0 Å². The summed E-state index contributed by atoms with van der Waals surface area (Å²) in [6.07, 6.45) is 12.3. The molecule has 0 aliphatic heterocycles. The Labute approximate surface area is 219 Å². The van der Waals surface area contributed by atoms with Gasteiger partial charge < -0.3 is 9.47 Å². The van der Waals surface area contributed by atoms with Crippen LogP contribution in [0.2, 0.25) is 19.6 Å². The van der Waals surface area contributed by atoms with Gasteiger partial charge in [-0.05, 0) is 67.1 Å². The van der Waals surface area contributed by atoms with Crippen LogP contribution in [0.15, 0.2) is 23.3 Å².